The Morgan fingerprint density at radius 3 is 2.04 bits per heavy atom. The number of aryl methyl sites for hydroxylation is 1. The maximum absolute atomic E-state index is 12.3. The Morgan fingerprint density at radius 1 is 1.00 bits per heavy atom. The number of nitro groups is 1. The van der Waals surface area contributed by atoms with Gasteiger partial charge in [0.05, 0.1) is 4.92 Å². The van der Waals surface area contributed by atoms with Crippen LogP contribution in [0.5, 0.6) is 0 Å². The summed E-state index contributed by atoms with van der Waals surface area (Å²) >= 11 is 0. The van der Waals surface area contributed by atoms with Gasteiger partial charge in [0, 0.05) is 22.9 Å². The molecule has 0 spiro atoms. The Balaban J connectivity index is 1.96. The fourth-order valence-electron chi connectivity index (χ4n) is 3.33. The fraction of sp³-hybridized carbons (Fsp3) is 0.600. The van der Waals surface area contributed by atoms with Crippen molar-refractivity contribution in [3.8, 4) is 0 Å². The fourth-order valence-corrected chi connectivity index (χ4v) is 3.33. The normalized spacial score (nSPS) is 16.9. The monoisotopic (exact) mass is 359 g/mol. The molecule has 6 heteroatoms. The maximum Gasteiger partial charge on any atom is 0.272 e. The zero-order valence-corrected chi connectivity index (χ0v) is 15.6. The smallest absolute Gasteiger partial charge is 0.267 e. The lowest BCUT2D eigenvalue weighted by Gasteiger charge is -2.10. The van der Waals surface area contributed by atoms with Crippen LogP contribution in [0.4, 0.5) is 5.69 Å². The van der Waals surface area contributed by atoms with Crippen molar-refractivity contribution in [3.63, 3.8) is 0 Å². The van der Waals surface area contributed by atoms with Gasteiger partial charge in [0.1, 0.15) is 0 Å². The number of nitrogens with zero attached hydrogens (tertiary/aromatic N) is 2. The van der Waals surface area contributed by atoms with Crippen molar-refractivity contribution in [1.82, 2.24) is 5.43 Å². The molecule has 0 unspecified atom stereocenters. The minimum Gasteiger partial charge on any atom is -0.267 e. The van der Waals surface area contributed by atoms with Gasteiger partial charge in [-0.1, -0.05) is 44.9 Å². The van der Waals surface area contributed by atoms with Crippen LogP contribution in [0.2, 0.25) is 0 Å². The number of carbonyl (C=O) groups is 1. The van der Waals surface area contributed by atoms with Gasteiger partial charge >= 0.3 is 0 Å². The minimum atomic E-state index is -0.442. The van der Waals surface area contributed by atoms with Gasteiger partial charge in [-0.25, -0.2) is 5.43 Å². The molecule has 1 aromatic carbocycles. The number of rotatable bonds is 3. The second-order valence-electron chi connectivity index (χ2n) is 7.06. The zero-order valence-electron chi connectivity index (χ0n) is 15.6. The molecule has 1 saturated carbocycles. The number of hydrogen-bond acceptors (Lipinski definition) is 4. The van der Waals surface area contributed by atoms with E-state index in [-0.39, 0.29) is 11.6 Å². The second kappa shape index (κ2) is 10.7. The largest absolute Gasteiger partial charge is 0.272 e. The van der Waals surface area contributed by atoms with E-state index in [0.29, 0.717) is 11.1 Å². The van der Waals surface area contributed by atoms with E-state index in [1.807, 2.05) is 0 Å². The molecule has 6 nitrogen and oxygen atoms in total. The van der Waals surface area contributed by atoms with Gasteiger partial charge in [-0.2, -0.15) is 5.10 Å². The number of amides is 1. The van der Waals surface area contributed by atoms with Crippen molar-refractivity contribution in [2.75, 3.05) is 0 Å². The van der Waals surface area contributed by atoms with E-state index in [1.54, 1.807) is 6.92 Å². The highest BCUT2D eigenvalue weighted by Crippen LogP contribution is 2.19. The number of hydrogen-bond donors (Lipinski definition) is 1. The molecular formula is C20H29N3O3. The molecule has 0 aromatic heterocycles. The van der Waals surface area contributed by atoms with Crippen LogP contribution in [0.1, 0.15) is 86.6 Å². The number of hydrazone groups is 1. The lowest BCUT2D eigenvalue weighted by molar-refractivity contribution is -0.385. The summed E-state index contributed by atoms with van der Waals surface area (Å²) in [6.45, 7) is 1.63. The Labute approximate surface area is 155 Å². The predicted octanol–water partition coefficient (Wildman–Crippen LogP) is 5.29. The molecule has 142 valence electrons. The third kappa shape index (κ3) is 6.58. The maximum atomic E-state index is 12.3. The second-order valence-corrected chi connectivity index (χ2v) is 7.06. The van der Waals surface area contributed by atoms with E-state index in [9.17, 15) is 14.9 Å². The molecule has 1 fully saturated rings. The van der Waals surface area contributed by atoms with Gasteiger partial charge in [0.15, 0.2) is 0 Å². The molecule has 0 saturated heterocycles. The third-order valence-corrected chi connectivity index (χ3v) is 4.90. The summed E-state index contributed by atoms with van der Waals surface area (Å²) in [5.41, 5.74) is 4.58. The predicted molar refractivity (Wildman–Crippen MR) is 104 cm³/mol. The van der Waals surface area contributed by atoms with Gasteiger partial charge in [-0.15, -0.1) is 0 Å². The summed E-state index contributed by atoms with van der Waals surface area (Å²) in [6, 6.07) is 4.38. The molecule has 1 aliphatic rings. The number of nitrogens with one attached hydrogen (secondary N) is 1. The van der Waals surface area contributed by atoms with Crippen LogP contribution in [0.25, 0.3) is 0 Å². The molecule has 1 aromatic rings. The summed E-state index contributed by atoms with van der Waals surface area (Å²) in [5, 5.41) is 15.2. The first-order chi connectivity index (χ1) is 12.6. The minimum absolute atomic E-state index is 0.0205. The average molecular weight is 359 g/mol. The van der Waals surface area contributed by atoms with Crippen molar-refractivity contribution in [3.05, 3.63) is 39.4 Å². The molecule has 1 aliphatic carbocycles. The Kier molecular flexibility index (Phi) is 8.25. The highest BCUT2D eigenvalue weighted by molar-refractivity contribution is 5.96. The molecule has 2 rings (SSSR count). The van der Waals surface area contributed by atoms with E-state index in [4.69, 9.17) is 0 Å². The van der Waals surface area contributed by atoms with E-state index >= 15 is 0 Å². The Hall–Kier alpha value is -2.24. The SMILES string of the molecule is Cc1cc(C(=O)NN=C2CCCCCCCCCCC2)ccc1[N+](=O)[O-]. The highest BCUT2D eigenvalue weighted by atomic mass is 16.6. The lowest BCUT2D eigenvalue weighted by atomic mass is 10.00. The van der Waals surface area contributed by atoms with Crippen molar-refractivity contribution in [2.24, 2.45) is 5.10 Å². The first-order valence-corrected chi connectivity index (χ1v) is 9.69. The standard InChI is InChI=1S/C20H29N3O3/c1-16-15-17(13-14-19(16)23(25)26)20(24)22-21-18-11-9-7-5-3-2-4-6-8-10-12-18/h13-15H,2-12H2,1H3,(H,22,24). The number of nitro benzene ring substituents is 1. The first kappa shape index (κ1) is 20.1. The highest BCUT2D eigenvalue weighted by Gasteiger charge is 2.13. The molecule has 0 heterocycles. The molecule has 0 radical (unpaired) electrons. The van der Waals surface area contributed by atoms with Gasteiger partial charge in [0.2, 0.25) is 0 Å². The zero-order chi connectivity index (χ0) is 18.8. The van der Waals surface area contributed by atoms with Gasteiger partial charge in [-0.05, 0) is 44.7 Å². The van der Waals surface area contributed by atoms with Crippen molar-refractivity contribution in [1.29, 1.82) is 0 Å². The third-order valence-electron chi connectivity index (χ3n) is 4.90. The van der Waals surface area contributed by atoms with Crippen LogP contribution in [0.15, 0.2) is 23.3 Å². The quantitative estimate of drug-likeness (QED) is 0.587. The molecule has 1 N–H and O–H groups in total. The summed E-state index contributed by atoms with van der Waals surface area (Å²) in [4.78, 5) is 22.7. The van der Waals surface area contributed by atoms with Crippen molar-refractivity contribution >= 4 is 17.3 Å². The Morgan fingerprint density at radius 2 is 1.54 bits per heavy atom. The Bertz CT molecular complexity index is 642. The van der Waals surface area contributed by atoms with Crippen molar-refractivity contribution in [2.45, 2.75) is 77.6 Å². The average Bonchev–Trinajstić information content (AvgIpc) is 2.60. The van der Waals surface area contributed by atoms with Gasteiger partial charge in [0.25, 0.3) is 11.6 Å². The van der Waals surface area contributed by atoms with Crippen LogP contribution < -0.4 is 5.43 Å². The van der Waals surface area contributed by atoms with Crippen LogP contribution in [0, 0.1) is 17.0 Å². The van der Waals surface area contributed by atoms with E-state index in [1.165, 1.54) is 63.1 Å². The number of carbonyl (C=O) groups excluding carboxylic acids is 1. The molecule has 0 atom stereocenters. The topological polar surface area (TPSA) is 84.6 Å². The van der Waals surface area contributed by atoms with E-state index < -0.39 is 4.92 Å². The molecule has 0 bridgehead atoms. The molecule has 26 heavy (non-hydrogen) atoms. The van der Waals surface area contributed by atoms with E-state index in [0.717, 1.165) is 31.4 Å². The molecule has 1 amide bonds. The van der Waals surface area contributed by atoms with Crippen LogP contribution in [-0.4, -0.2) is 16.5 Å². The number of benzene rings is 1. The summed E-state index contributed by atoms with van der Waals surface area (Å²) in [5.74, 6) is -0.318. The van der Waals surface area contributed by atoms with E-state index in [2.05, 4.69) is 10.5 Å². The van der Waals surface area contributed by atoms with Gasteiger partial charge in [-0.3, -0.25) is 14.9 Å². The van der Waals surface area contributed by atoms with Gasteiger partial charge < -0.3 is 0 Å². The first-order valence-electron chi connectivity index (χ1n) is 9.69. The van der Waals surface area contributed by atoms with Crippen LogP contribution in [0.3, 0.4) is 0 Å². The molecular weight excluding hydrogens is 330 g/mol. The summed E-state index contributed by atoms with van der Waals surface area (Å²) in [6.07, 6.45) is 13.1. The summed E-state index contributed by atoms with van der Waals surface area (Å²) in [7, 11) is 0. The molecule has 0 aliphatic heterocycles. The van der Waals surface area contributed by atoms with Crippen LogP contribution >= 0.6 is 0 Å². The summed E-state index contributed by atoms with van der Waals surface area (Å²) < 4.78 is 0. The van der Waals surface area contributed by atoms with Crippen molar-refractivity contribution < 1.29 is 9.72 Å². The van der Waals surface area contributed by atoms with Crippen LogP contribution in [-0.2, 0) is 0 Å². The lowest BCUT2D eigenvalue weighted by Crippen LogP contribution is -2.20.